The third-order valence-electron chi connectivity index (χ3n) is 2.98. The maximum atomic E-state index is 10.9. The summed E-state index contributed by atoms with van der Waals surface area (Å²) in [6.07, 6.45) is 3.25. The Labute approximate surface area is 117 Å². The number of carbonyl (C=O) groups is 1. The molecule has 1 N–H and O–H groups in total. The molecule has 3 rings (SSSR count). The lowest BCUT2D eigenvalue weighted by molar-refractivity contribution is 0.0690. The highest BCUT2D eigenvalue weighted by Gasteiger charge is 2.21. The van der Waals surface area contributed by atoms with Gasteiger partial charge in [-0.05, 0) is 22.0 Å². The molecule has 3 heterocycles. The highest BCUT2D eigenvalue weighted by atomic mass is 79.9. The van der Waals surface area contributed by atoms with E-state index in [1.54, 1.807) is 6.20 Å². The molecule has 0 saturated heterocycles. The minimum absolute atomic E-state index is 0.00487. The number of hydrogen-bond donors (Lipinski definition) is 1. The van der Waals surface area contributed by atoms with Crippen LogP contribution >= 0.6 is 15.9 Å². The van der Waals surface area contributed by atoms with E-state index < -0.39 is 5.97 Å². The van der Waals surface area contributed by atoms with Crippen molar-refractivity contribution < 1.29 is 9.90 Å². The lowest BCUT2D eigenvalue weighted by Crippen LogP contribution is -2.34. The van der Waals surface area contributed by atoms with Crippen molar-refractivity contribution in [3.63, 3.8) is 0 Å². The standard InChI is InChI=1S/C11H10BrN5O2/c12-10-14-5-7-6-16(3-4-17(7)10)11-13-2-1-8(15-11)9(18)19/h1-2,5H,3-4,6H2,(H,18,19). The molecule has 19 heavy (non-hydrogen) atoms. The number of carboxylic acid groups (broad SMARTS) is 1. The Balaban J connectivity index is 1.88. The second kappa shape index (κ2) is 4.61. The highest BCUT2D eigenvalue weighted by molar-refractivity contribution is 9.10. The Kier molecular flexibility index (Phi) is 2.94. The first-order chi connectivity index (χ1) is 9.15. The summed E-state index contributed by atoms with van der Waals surface area (Å²) in [6.45, 7) is 2.09. The number of carboxylic acids is 1. The summed E-state index contributed by atoms with van der Waals surface area (Å²) in [5.74, 6) is -0.614. The van der Waals surface area contributed by atoms with Gasteiger partial charge in [0.1, 0.15) is 0 Å². The molecule has 1 aliphatic heterocycles. The van der Waals surface area contributed by atoms with E-state index in [2.05, 4.69) is 35.4 Å². The lowest BCUT2D eigenvalue weighted by atomic mass is 10.3. The number of nitrogens with zero attached hydrogens (tertiary/aromatic N) is 5. The molecule has 1 aliphatic rings. The fourth-order valence-corrected chi connectivity index (χ4v) is 2.54. The van der Waals surface area contributed by atoms with Crippen LogP contribution < -0.4 is 4.90 Å². The number of aromatic carboxylic acids is 1. The van der Waals surface area contributed by atoms with Crippen LogP contribution in [-0.4, -0.2) is 37.1 Å². The zero-order valence-electron chi connectivity index (χ0n) is 9.82. The largest absolute Gasteiger partial charge is 0.477 e. The molecule has 0 aromatic carbocycles. The van der Waals surface area contributed by atoms with Crippen molar-refractivity contribution in [2.45, 2.75) is 13.1 Å². The Hall–Kier alpha value is -1.96. The van der Waals surface area contributed by atoms with Gasteiger partial charge in [-0.2, -0.15) is 0 Å². The second-order valence-electron chi connectivity index (χ2n) is 4.14. The van der Waals surface area contributed by atoms with Crippen LogP contribution in [0.25, 0.3) is 0 Å². The minimum atomic E-state index is -1.05. The smallest absolute Gasteiger partial charge is 0.354 e. The lowest BCUT2D eigenvalue weighted by Gasteiger charge is -2.28. The topological polar surface area (TPSA) is 84.1 Å². The summed E-state index contributed by atoms with van der Waals surface area (Å²) >= 11 is 3.38. The van der Waals surface area contributed by atoms with Crippen molar-refractivity contribution >= 4 is 27.8 Å². The number of imidazole rings is 1. The summed E-state index contributed by atoms with van der Waals surface area (Å²) in [4.78, 5) is 25.2. The van der Waals surface area contributed by atoms with Crippen molar-refractivity contribution in [2.24, 2.45) is 0 Å². The normalized spacial score (nSPS) is 14.3. The Morgan fingerprint density at radius 3 is 3.00 bits per heavy atom. The maximum Gasteiger partial charge on any atom is 0.354 e. The third kappa shape index (κ3) is 2.19. The summed E-state index contributed by atoms with van der Waals surface area (Å²) in [6, 6.07) is 1.39. The second-order valence-corrected chi connectivity index (χ2v) is 4.85. The van der Waals surface area contributed by atoms with Gasteiger partial charge in [-0.15, -0.1) is 0 Å². The predicted molar refractivity (Wildman–Crippen MR) is 70.0 cm³/mol. The monoisotopic (exact) mass is 323 g/mol. The first-order valence-corrected chi connectivity index (χ1v) is 6.45. The van der Waals surface area contributed by atoms with Gasteiger partial charge in [-0.25, -0.2) is 19.7 Å². The summed E-state index contributed by atoms with van der Waals surface area (Å²) in [7, 11) is 0. The minimum Gasteiger partial charge on any atom is -0.477 e. The Morgan fingerprint density at radius 2 is 2.21 bits per heavy atom. The van der Waals surface area contributed by atoms with Gasteiger partial charge in [0.05, 0.1) is 18.4 Å². The molecule has 0 atom stereocenters. The van der Waals surface area contributed by atoms with Crippen LogP contribution in [0.4, 0.5) is 5.95 Å². The van der Waals surface area contributed by atoms with E-state index in [1.807, 2.05) is 4.90 Å². The maximum absolute atomic E-state index is 10.9. The molecule has 0 fully saturated rings. The molecular formula is C11H10BrN5O2. The molecule has 0 saturated carbocycles. The Morgan fingerprint density at radius 1 is 1.37 bits per heavy atom. The number of halogens is 1. The van der Waals surface area contributed by atoms with Gasteiger partial charge in [0.15, 0.2) is 10.4 Å². The van der Waals surface area contributed by atoms with E-state index >= 15 is 0 Å². The molecule has 98 valence electrons. The first-order valence-electron chi connectivity index (χ1n) is 5.66. The first kappa shape index (κ1) is 12.1. The van der Waals surface area contributed by atoms with E-state index in [4.69, 9.17) is 5.11 Å². The molecule has 0 bridgehead atoms. The van der Waals surface area contributed by atoms with Gasteiger partial charge in [0, 0.05) is 19.3 Å². The summed E-state index contributed by atoms with van der Waals surface area (Å²) in [5, 5.41) is 8.94. The van der Waals surface area contributed by atoms with Crippen LogP contribution in [0, 0.1) is 0 Å². The zero-order valence-corrected chi connectivity index (χ0v) is 11.4. The molecule has 0 spiro atoms. The zero-order chi connectivity index (χ0) is 13.4. The molecule has 0 aliphatic carbocycles. The number of rotatable bonds is 2. The van der Waals surface area contributed by atoms with Crippen LogP contribution in [0.2, 0.25) is 0 Å². The van der Waals surface area contributed by atoms with Crippen molar-refractivity contribution in [3.05, 3.63) is 34.6 Å². The number of anilines is 1. The van der Waals surface area contributed by atoms with Gasteiger partial charge in [-0.1, -0.05) is 0 Å². The highest BCUT2D eigenvalue weighted by Crippen LogP contribution is 2.21. The quantitative estimate of drug-likeness (QED) is 0.892. The Bertz CT molecular complexity index is 642. The van der Waals surface area contributed by atoms with Crippen LogP contribution in [0.5, 0.6) is 0 Å². The predicted octanol–water partition coefficient (Wildman–Crippen LogP) is 1.15. The molecule has 7 nitrogen and oxygen atoms in total. The van der Waals surface area contributed by atoms with Crippen LogP contribution in [0.1, 0.15) is 16.2 Å². The van der Waals surface area contributed by atoms with Gasteiger partial charge < -0.3 is 14.6 Å². The van der Waals surface area contributed by atoms with Gasteiger partial charge >= 0.3 is 5.97 Å². The van der Waals surface area contributed by atoms with E-state index in [9.17, 15) is 4.79 Å². The molecular weight excluding hydrogens is 314 g/mol. The summed E-state index contributed by atoms with van der Waals surface area (Å²) in [5.41, 5.74) is 1.05. The number of hydrogen-bond acceptors (Lipinski definition) is 5. The molecule has 2 aromatic rings. The molecule has 0 amide bonds. The molecule has 8 heteroatoms. The van der Waals surface area contributed by atoms with Crippen LogP contribution in [0.15, 0.2) is 23.2 Å². The van der Waals surface area contributed by atoms with Crippen molar-refractivity contribution in [3.8, 4) is 0 Å². The van der Waals surface area contributed by atoms with E-state index in [0.29, 0.717) is 19.0 Å². The van der Waals surface area contributed by atoms with E-state index in [1.165, 1.54) is 12.3 Å². The van der Waals surface area contributed by atoms with Gasteiger partial charge in [0.25, 0.3) is 0 Å². The number of fused-ring (bicyclic) bond motifs is 1. The number of aromatic nitrogens is 4. The molecule has 2 aromatic heterocycles. The van der Waals surface area contributed by atoms with E-state index in [0.717, 1.165) is 17.0 Å². The van der Waals surface area contributed by atoms with Gasteiger partial charge in [0.2, 0.25) is 5.95 Å². The fourth-order valence-electron chi connectivity index (χ4n) is 2.03. The van der Waals surface area contributed by atoms with Crippen LogP contribution in [0.3, 0.4) is 0 Å². The molecule has 0 radical (unpaired) electrons. The average Bonchev–Trinajstić information content (AvgIpc) is 2.80. The SMILES string of the molecule is O=C(O)c1ccnc(N2CCn3c(cnc3Br)C2)n1. The van der Waals surface area contributed by atoms with E-state index in [-0.39, 0.29) is 5.69 Å². The van der Waals surface area contributed by atoms with Crippen molar-refractivity contribution in [2.75, 3.05) is 11.4 Å². The van der Waals surface area contributed by atoms with Crippen LogP contribution in [-0.2, 0) is 13.1 Å². The third-order valence-corrected chi connectivity index (χ3v) is 3.61. The van der Waals surface area contributed by atoms with Crippen molar-refractivity contribution in [1.29, 1.82) is 0 Å². The summed E-state index contributed by atoms with van der Waals surface area (Å²) < 4.78 is 2.87. The fraction of sp³-hybridized carbons (Fsp3) is 0.273. The molecule has 0 unspecified atom stereocenters. The van der Waals surface area contributed by atoms with Gasteiger partial charge in [-0.3, -0.25) is 0 Å². The van der Waals surface area contributed by atoms with Crippen molar-refractivity contribution in [1.82, 2.24) is 19.5 Å². The average molecular weight is 324 g/mol.